The number of halogens is 3. The average molecular weight is 421 g/mol. The highest BCUT2D eigenvalue weighted by atomic mass is 19.2. The smallest absolute Gasteiger partial charge is 0.166 e. The van der Waals surface area contributed by atoms with Crippen LogP contribution in [0, 0.1) is 17.5 Å². The lowest BCUT2D eigenvalue weighted by Gasteiger charge is -2.29. The van der Waals surface area contributed by atoms with E-state index >= 15 is 0 Å². The minimum absolute atomic E-state index is 0.0798. The van der Waals surface area contributed by atoms with Crippen LogP contribution in [-0.4, -0.2) is 19.5 Å². The van der Waals surface area contributed by atoms with Crippen molar-refractivity contribution < 1.29 is 22.6 Å². The summed E-state index contributed by atoms with van der Waals surface area (Å²) in [6.45, 7) is 5.04. The number of ether oxygens (including phenoxy) is 2. The Bertz CT molecular complexity index is 829. The van der Waals surface area contributed by atoms with E-state index in [0.29, 0.717) is 49.2 Å². The normalized spacial score (nSPS) is 19.2. The SMILES string of the molecule is CCCCCc1ccc(-c2ccc(C3CCC(OCCC)OC3)c(F)c2F)cc1F. The van der Waals surface area contributed by atoms with Gasteiger partial charge < -0.3 is 9.47 Å². The third kappa shape index (κ3) is 5.44. The van der Waals surface area contributed by atoms with Crippen LogP contribution in [0.2, 0.25) is 0 Å². The van der Waals surface area contributed by atoms with Crippen molar-refractivity contribution in [3.63, 3.8) is 0 Å². The second-order valence-electron chi connectivity index (χ2n) is 8.00. The van der Waals surface area contributed by atoms with Crippen LogP contribution in [-0.2, 0) is 15.9 Å². The maximum Gasteiger partial charge on any atom is 0.166 e. The van der Waals surface area contributed by atoms with Gasteiger partial charge in [0.15, 0.2) is 17.9 Å². The van der Waals surface area contributed by atoms with Gasteiger partial charge in [0.25, 0.3) is 0 Å². The molecule has 2 unspecified atom stereocenters. The summed E-state index contributed by atoms with van der Waals surface area (Å²) in [6.07, 6.45) is 5.63. The second-order valence-corrected chi connectivity index (χ2v) is 8.00. The van der Waals surface area contributed by atoms with Crippen LogP contribution in [0.5, 0.6) is 0 Å². The zero-order valence-electron chi connectivity index (χ0n) is 17.9. The Labute approximate surface area is 177 Å². The lowest BCUT2D eigenvalue weighted by atomic mass is 9.90. The Morgan fingerprint density at radius 1 is 0.967 bits per heavy atom. The standard InChI is InChI=1S/C25H31F3O2/c1-3-5-6-7-17-8-9-18(15-22(17)26)20-11-12-21(25(28)24(20)27)19-10-13-23(30-16-19)29-14-4-2/h8-9,11-12,15,19,23H,3-7,10,13-14,16H2,1-2H3. The van der Waals surface area contributed by atoms with E-state index in [1.165, 1.54) is 6.07 Å². The molecule has 2 nitrogen and oxygen atoms in total. The lowest BCUT2D eigenvalue weighted by molar-refractivity contribution is -0.167. The Hall–Kier alpha value is -1.85. The van der Waals surface area contributed by atoms with Crippen molar-refractivity contribution in [2.75, 3.05) is 13.2 Å². The molecule has 2 aromatic carbocycles. The third-order valence-electron chi connectivity index (χ3n) is 5.71. The van der Waals surface area contributed by atoms with E-state index in [-0.39, 0.29) is 23.6 Å². The molecule has 0 radical (unpaired) electrons. The number of unbranched alkanes of at least 4 members (excludes halogenated alkanes) is 2. The first-order valence-corrected chi connectivity index (χ1v) is 11.0. The molecule has 0 bridgehead atoms. The lowest BCUT2D eigenvalue weighted by Crippen LogP contribution is -2.28. The summed E-state index contributed by atoms with van der Waals surface area (Å²) in [5, 5.41) is 0. The van der Waals surface area contributed by atoms with Crippen LogP contribution in [0.25, 0.3) is 11.1 Å². The van der Waals surface area contributed by atoms with Crippen molar-refractivity contribution in [3.8, 4) is 11.1 Å². The van der Waals surface area contributed by atoms with Gasteiger partial charge in [-0.25, -0.2) is 13.2 Å². The van der Waals surface area contributed by atoms with Crippen molar-refractivity contribution in [1.82, 2.24) is 0 Å². The third-order valence-corrected chi connectivity index (χ3v) is 5.71. The summed E-state index contributed by atoms with van der Waals surface area (Å²) >= 11 is 0. The summed E-state index contributed by atoms with van der Waals surface area (Å²) in [7, 11) is 0. The molecule has 1 aliphatic heterocycles. The molecule has 0 spiro atoms. The fourth-order valence-electron chi connectivity index (χ4n) is 3.94. The maximum atomic E-state index is 14.9. The van der Waals surface area contributed by atoms with Gasteiger partial charge in [-0.3, -0.25) is 0 Å². The van der Waals surface area contributed by atoms with Gasteiger partial charge in [-0.15, -0.1) is 0 Å². The highest BCUT2D eigenvalue weighted by Gasteiger charge is 2.27. The summed E-state index contributed by atoms with van der Waals surface area (Å²) < 4.78 is 55.4. The summed E-state index contributed by atoms with van der Waals surface area (Å²) in [5.74, 6) is -2.39. The fourth-order valence-corrected chi connectivity index (χ4v) is 3.94. The number of aryl methyl sites for hydroxylation is 1. The highest BCUT2D eigenvalue weighted by molar-refractivity contribution is 5.65. The second kappa shape index (κ2) is 11.0. The molecule has 30 heavy (non-hydrogen) atoms. The van der Waals surface area contributed by atoms with E-state index < -0.39 is 11.6 Å². The molecule has 2 aromatic rings. The molecule has 1 heterocycles. The van der Waals surface area contributed by atoms with Crippen molar-refractivity contribution >= 4 is 0 Å². The molecule has 3 rings (SSSR count). The van der Waals surface area contributed by atoms with E-state index in [1.54, 1.807) is 24.3 Å². The number of hydrogen-bond acceptors (Lipinski definition) is 2. The number of rotatable bonds is 9. The van der Waals surface area contributed by atoms with Gasteiger partial charge in [-0.05, 0) is 54.9 Å². The van der Waals surface area contributed by atoms with Crippen molar-refractivity contribution in [2.24, 2.45) is 0 Å². The predicted octanol–water partition coefficient (Wildman–Crippen LogP) is 7.15. The predicted molar refractivity (Wildman–Crippen MR) is 113 cm³/mol. The van der Waals surface area contributed by atoms with Gasteiger partial charge in [-0.2, -0.15) is 0 Å². The minimum Gasteiger partial charge on any atom is -0.353 e. The van der Waals surface area contributed by atoms with Crippen molar-refractivity contribution in [2.45, 2.75) is 71.0 Å². The summed E-state index contributed by atoms with van der Waals surface area (Å²) in [6, 6.07) is 7.79. The molecule has 1 aliphatic rings. The molecule has 0 N–H and O–H groups in total. The molecule has 1 saturated heterocycles. The van der Waals surface area contributed by atoms with Crippen LogP contribution in [0.3, 0.4) is 0 Å². The molecular formula is C25H31F3O2. The van der Waals surface area contributed by atoms with E-state index in [9.17, 15) is 13.2 Å². The van der Waals surface area contributed by atoms with E-state index in [0.717, 1.165) is 25.7 Å². The molecule has 0 aromatic heterocycles. The average Bonchev–Trinajstić information content (AvgIpc) is 2.76. The van der Waals surface area contributed by atoms with Crippen LogP contribution in [0.15, 0.2) is 30.3 Å². The largest absolute Gasteiger partial charge is 0.353 e. The molecule has 0 amide bonds. The first kappa shape index (κ1) is 22.8. The highest BCUT2D eigenvalue weighted by Crippen LogP contribution is 2.35. The number of benzene rings is 2. The Morgan fingerprint density at radius 3 is 2.47 bits per heavy atom. The molecular weight excluding hydrogens is 389 g/mol. The Morgan fingerprint density at radius 2 is 1.80 bits per heavy atom. The quantitative estimate of drug-likeness (QED) is 0.401. The molecule has 164 valence electrons. The number of hydrogen-bond donors (Lipinski definition) is 0. The molecule has 0 saturated carbocycles. The van der Waals surface area contributed by atoms with E-state index in [1.807, 2.05) is 6.92 Å². The van der Waals surface area contributed by atoms with Gasteiger partial charge in [-0.1, -0.05) is 51.0 Å². The molecule has 5 heteroatoms. The molecule has 2 atom stereocenters. The van der Waals surface area contributed by atoms with Crippen LogP contribution in [0.4, 0.5) is 13.2 Å². The Balaban J connectivity index is 1.73. The first-order chi connectivity index (χ1) is 14.5. The first-order valence-electron chi connectivity index (χ1n) is 11.0. The fraction of sp³-hybridized carbons (Fsp3) is 0.520. The van der Waals surface area contributed by atoms with Crippen LogP contribution in [0.1, 0.15) is 69.4 Å². The summed E-state index contributed by atoms with van der Waals surface area (Å²) in [5.41, 5.74) is 1.35. The van der Waals surface area contributed by atoms with Gasteiger partial charge >= 0.3 is 0 Å². The molecule has 1 fully saturated rings. The monoisotopic (exact) mass is 420 g/mol. The zero-order chi connectivity index (χ0) is 21.5. The van der Waals surface area contributed by atoms with Gasteiger partial charge in [0.05, 0.1) is 6.61 Å². The van der Waals surface area contributed by atoms with Gasteiger partial charge in [0.1, 0.15) is 5.82 Å². The van der Waals surface area contributed by atoms with Crippen molar-refractivity contribution in [1.29, 1.82) is 0 Å². The van der Waals surface area contributed by atoms with Crippen molar-refractivity contribution in [3.05, 3.63) is 58.9 Å². The van der Waals surface area contributed by atoms with Crippen LogP contribution < -0.4 is 0 Å². The van der Waals surface area contributed by atoms with Gasteiger partial charge in [0, 0.05) is 18.1 Å². The topological polar surface area (TPSA) is 18.5 Å². The Kier molecular flexibility index (Phi) is 8.34. The molecule has 0 aliphatic carbocycles. The maximum absolute atomic E-state index is 14.9. The van der Waals surface area contributed by atoms with E-state index in [4.69, 9.17) is 9.47 Å². The van der Waals surface area contributed by atoms with Crippen LogP contribution >= 0.6 is 0 Å². The zero-order valence-corrected chi connectivity index (χ0v) is 17.9. The summed E-state index contributed by atoms with van der Waals surface area (Å²) in [4.78, 5) is 0. The van der Waals surface area contributed by atoms with E-state index in [2.05, 4.69) is 6.92 Å². The minimum atomic E-state index is -0.935. The van der Waals surface area contributed by atoms with Gasteiger partial charge in [0.2, 0.25) is 0 Å².